The summed E-state index contributed by atoms with van der Waals surface area (Å²) in [6, 6.07) is 13.5. The van der Waals surface area contributed by atoms with Gasteiger partial charge in [-0.25, -0.2) is 5.43 Å². The third-order valence-corrected chi connectivity index (χ3v) is 6.04. The zero-order chi connectivity index (χ0) is 21.7. The van der Waals surface area contributed by atoms with E-state index in [1.165, 1.54) is 11.1 Å². The van der Waals surface area contributed by atoms with Crippen LogP contribution in [0.25, 0.3) is 11.4 Å². The zero-order valence-corrected chi connectivity index (χ0v) is 17.4. The Morgan fingerprint density at radius 2 is 2.00 bits per heavy atom. The molecule has 162 valence electrons. The van der Waals surface area contributed by atoms with Crippen molar-refractivity contribution < 1.29 is 18.8 Å². The molecule has 9 nitrogen and oxygen atoms in total. The summed E-state index contributed by atoms with van der Waals surface area (Å²) in [5, 5.41) is 5.95. The number of fused-ring (bicyclic) bond motifs is 2. The van der Waals surface area contributed by atoms with Gasteiger partial charge in [-0.3, -0.25) is 4.79 Å². The van der Waals surface area contributed by atoms with Crippen molar-refractivity contribution in [3.05, 3.63) is 71.9 Å². The standard InChI is InChI=1S/C23H21N5O4/c1-14-4-2-3-5-16(14)17-11-18-23(29)27(8-9-28(18)25-17)12-21-24-22(26-32-21)15-6-7-19-20(10-15)31-13-30-19/h2-10,17-18,25H,11-13H2,1H3. The number of ether oxygens (including phenoxy) is 2. The summed E-state index contributed by atoms with van der Waals surface area (Å²) in [6.45, 7) is 2.51. The van der Waals surface area contributed by atoms with Crippen LogP contribution in [-0.4, -0.2) is 38.8 Å². The SMILES string of the molecule is Cc1ccccc1C1CC2C(=O)N(Cc3nc(-c4ccc5c(c4)OCO5)no3)C=CN2N1. The van der Waals surface area contributed by atoms with Gasteiger partial charge >= 0.3 is 0 Å². The maximum atomic E-state index is 13.2. The van der Waals surface area contributed by atoms with Crippen LogP contribution >= 0.6 is 0 Å². The van der Waals surface area contributed by atoms with E-state index in [0.29, 0.717) is 29.6 Å². The monoisotopic (exact) mass is 431 g/mol. The number of aromatic nitrogens is 2. The quantitative estimate of drug-likeness (QED) is 0.674. The smallest absolute Gasteiger partial charge is 0.251 e. The van der Waals surface area contributed by atoms with Crippen LogP contribution in [0.3, 0.4) is 0 Å². The molecule has 0 radical (unpaired) electrons. The summed E-state index contributed by atoms with van der Waals surface area (Å²) >= 11 is 0. The van der Waals surface area contributed by atoms with Gasteiger partial charge in [0.05, 0.1) is 6.04 Å². The van der Waals surface area contributed by atoms with Crippen LogP contribution in [-0.2, 0) is 11.3 Å². The van der Waals surface area contributed by atoms with Gasteiger partial charge in [0.15, 0.2) is 11.5 Å². The van der Waals surface area contributed by atoms with Gasteiger partial charge in [0.1, 0.15) is 12.6 Å². The van der Waals surface area contributed by atoms with Gasteiger partial charge in [-0.1, -0.05) is 29.4 Å². The molecular formula is C23H21N5O4. The first-order valence-electron chi connectivity index (χ1n) is 10.5. The highest BCUT2D eigenvalue weighted by Gasteiger charge is 2.40. The largest absolute Gasteiger partial charge is 0.454 e. The molecule has 4 heterocycles. The third-order valence-electron chi connectivity index (χ3n) is 6.04. The van der Waals surface area contributed by atoms with Crippen LogP contribution in [0, 0.1) is 6.92 Å². The first kappa shape index (κ1) is 18.9. The molecule has 2 atom stereocenters. The lowest BCUT2D eigenvalue weighted by atomic mass is 9.97. The van der Waals surface area contributed by atoms with Gasteiger partial charge in [0, 0.05) is 18.0 Å². The van der Waals surface area contributed by atoms with E-state index in [-0.39, 0.29) is 31.3 Å². The Labute approximate surface area is 184 Å². The number of rotatable bonds is 4. The summed E-state index contributed by atoms with van der Waals surface area (Å²) in [6.07, 6.45) is 4.33. The fourth-order valence-electron chi connectivity index (χ4n) is 4.37. The van der Waals surface area contributed by atoms with E-state index in [1.807, 2.05) is 41.5 Å². The molecule has 1 saturated heterocycles. The van der Waals surface area contributed by atoms with Gasteiger partial charge < -0.3 is 23.9 Å². The van der Waals surface area contributed by atoms with E-state index < -0.39 is 0 Å². The Morgan fingerprint density at radius 1 is 1.12 bits per heavy atom. The Kier molecular flexibility index (Phi) is 4.36. The summed E-state index contributed by atoms with van der Waals surface area (Å²) in [4.78, 5) is 19.2. The number of benzene rings is 2. The second-order valence-corrected chi connectivity index (χ2v) is 8.04. The number of carbonyl (C=O) groups excluding carboxylic acids is 1. The molecule has 1 N–H and O–H groups in total. The summed E-state index contributed by atoms with van der Waals surface area (Å²) in [5.41, 5.74) is 6.61. The van der Waals surface area contributed by atoms with E-state index in [0.717, 1.165) is 5.56 Å². The molecule has 1 amide bonds. The average Bonchev–Trinajstić information content (AvgIpc) is 3.55. The van der Waals surface area contributed by atoms with E-state index in [4.69, 9.17) is 14.0 Å². The maximum Gasteiger partial charge on any atom is 0.251 e. The number of amides is 1. The van der Waals surface area contributed by atoms with E-state index in [9.17, 15) is 4.79 Å². The minimum absolute atomic E-state index is 0.00101. The number of hydrogen-bond acceptors (Lipinski definition) is 8. The second kappa shape index (κ2) is 7.38. The Morgan fingerprint density at radius 3 is 2.91 bits per heavy atom. The first-order chi connectivity index (χ1) is 15.7. The van der Waals surface area contributed by atoms with Crippen molar-refractivity contribution in [2.75, 3.05) is 6.79 Å². The molecule has 0 saturated carbocycles. The number of carbonyl (C=O) groups is 1. The molecule has 0 aliphatic carbocycles. The lowest BCUT2D eigenvalue weighted by molar-refractivity contribution is -0.135. The highest BCUT2D eigenvalue weighted by atomic mass is 16.7. The minimum Gasteiger partial charge on any atom is -0.454 e. The third kappa shape index (κ3) is 3.18. The summed E-state index contributed by atoms with van der Waals surface area (Å²) < 4.78 is 16.2. The molecule has 9 heteroatoms. The molecule has 2 aromatic carbocycles. The Balaban J connectivity index is 1.16. The fourth-order valence-corrected chi connectivity index (χ4v) is 4.37. The van der Waals surface area contributed by atoms with Crippen LogP contribution in [0.15, 0.2) is 59.4 Å². The van der Waals surface area contributed by atoms with E-state index >= 15 is 0 Å². The number of hydrogen-bond donors (Lipinski definition) is 1. The molecule has 32 heavy (non-hydrogen) atoms. The van der Waals surface area contributed by atoms with Gasteiger partial charge in [-0.2, -0.15) is 4.98 Å². The maximum absolute atomic E-state index is 13.2. The molecule has 3 aliphatic heterocycles. The van der Waals surface area contributed by atoms with Crippen molar-refractivity contribution in [1.29, 1.82) is 0 Å². The lowest BCUT2D eigenvalue weighted by Gasteiger charge is -2.30. The Hall–Kier alpha value is -3.85. The summed E-state index contributed by atoms with van der Waals surface area (Å²) in [5.74, 6) is 2.15. The van der Waals surface area contributed by atoms with Crippen LogP contribution in [0.4, 0.5) is 0 Å². The molecular weight excluding hydrogens is 410 g/mol. The highest BCUT2D eigenvalue weighted by molar-refractivity contribution is 5.84. The topological polar surface area (TPSA) is 93.0 Å². The molecule has 6 rings (SSSR count). The number of aryl methyl sites for hydroxylation is 1. The number of nitrogens with zero attached hydrogens (tertiary/aromatic N) is 4. The van der Waals surface area contributed by atoms with Gasteiger partial charge in [-0.05, 0) is 42.7 Å². The van der Waals surface area contributed by atoms with Crippen LogP contribution in [0.5, 0.6) is 11.5 Å². The number of nitrogens with one attached hydrogen (secondary N) is 1. The number of hydrazine groups is 1. The van der Waals surface area contributed by atoms with Crippen molar-refractivity contribution in [2.45, 2.75) is 32.0 Å². The van der Waals surface area contributed by atoms with Crippen LogP contribution in [0.2, 0.25) is 0 Å². The molecule has 3 aromatic rings. The fraction of sp³-hybridized carbons (Fsp3) is 0.261. The van der Waals surface area contributed by atoms with Crippen molar-refractivity contribution in [2.24, 2.45) is 0 Å². The van der Waals surface area contributed by atoms with E-state index in [2.05, 4.69) is 34.6 Å². The zero-order valence-electron chi connectivity index (χ0n) is 17.4. The molecule has 0 spiro atoms. The van der Waals surface area contributed by atoms with Crippen LogP contribution < -0.4 is 14.9 Å². The highest BCUT2D eigenvalue weighted by Crippen LogP contribution is 2.35. The second-order valence-electron chi connectivity index (χ2n) is 8.04. The van der Waals surface area contributed by atoms with E-state index in [1.54, 1.807) is 11.1 Å². The lowest BCUT2D eigenvalue weighted by Crippen LogP contribution is -2.47. The van der Waals surface area contributed by atoms with Crippen molar-refractivity contribution >= 4 is 5.91 Å². The molecule has 0 bridgehead atoms. The predicted octanol–water partition coefficient (Wildman–Crippen LogP) is 2.91. The molecule has 2 unspecified atom stereocenters. The summed E-state index contributed by atoms with van der Waals surface area (Å²) in [7, 11) is 0. The minimum atomic E-state index is -0.277. The molecule has 3 aliphatic rings. The molecule has 1 aromatic heterocycles. The molecule has 1 fully saturated rings. The predicted molar refractivity (Wildman–Crippen MR) is 113 cm³/mol. The normalized spacial score (nSPS) is 21.3. The van der Waals surface area contributed by atoms with Crippen molar-refractivity contribution in [3.63, 3.8) is 0 Å². The Bertz CT molecular complexity index is 1220. The van der Waals surface area contributed by atoms with Gasteiger partial charge in [0.25, 0.3) is 5.91 Å². The van der Waals surface area contributed by atoms with Crippen LogP contribution in [0.1, 0.15) is 29.5 Å². The van der Waals surface area contributed by atoms with Crippen molar-refractivity contribution in [3.8, 4) is 22.9 Å². The van der Waals surface area contributed by atoms with Crippen molar-refractivity contribution in [1.82, 2.24) is 25.5 Å². The first-order valence-corrected chi connectivity index (χ1v) is 10.5. The van der Waals surface area contributed by atoms with Gasteiger partial charge in [-0.15, -0.1) is 0 Å². The van der Waals surface area contributed by atoms with Gasteiger partial charge in [0.2, 0.25) is 18.5 Å². The average molecular weight is 431 g/mol.